The van der Waals surface area contributed by atoms with E-state index in [1.54, 1.807) is 23.3 Å². The van der Waals surface area contributed by atoms with Crippen molar-refractivity contribution in [2.45, 2.75) is 30.0 Å². The molecule has 1 fully saturated rings. The van der Waals surface area contributed by atoms with Crippen LogP contribution >= 0.6 is 0 Å². The number of aromatic amines is 1. The minimum absolute atomic E-state index is 0.00215. The molecule has 0 spiro atoms. The first-order valence-corrected chi connectivity index (χ1v) is 13.4. The Labute approximate surface area is 240 Å². The van der Waals surface area contributed by atoms with Crippen LogP contribution in [-0.4, -0.2) is 37.9 Å². The van der Waals surface area contributed by atoms with E-state index >= 15 is 0 Å². The lowest BCUT2D eigenvalue weighted by Gasteiger charge is -2.37. The molecule has 1 aliphatic heterocycles. The number of hydrogen-bond donors (Lipinski definition) is 1. The van der Waals surface area contributed by atoms with Gasteiger partial charge in [0.1, 0.15) is 5.60 Å². The van der Waals surface area contributed by atoms with Gasteiger partial charge in [-0.3, -0.25) is 14.3 Å². The van der Waals surface area contributed by atoms with E-state index in [1.165, 1.54) is 16.8 Å². The van der Waals surface area contributed by atoms with Crippen LogP contribution in [0, 0.1) is 0 Å². The molecule has 11 nitrogen and oxygen atoms in total. The van der Waals surface area contributed by atoms with Crippen molar-refractivity contribution in [2.24, 2.45) is 5.11 Å². The maximum atomic E-state index is 12.9. The van der Waals surface area contributed by atoms with Crippen LogP contribution in [0.5, 0.6) is 0 Å². The molecule has 0 amide bonds. The van der Waals surface area contributed by atoms with E-state index < -0.39 is 41.3 Å². The Kier molecular flexibility index (Phi) is 7.52. The van der Waals surface area contributed by atoms with E-state index in [1.807, 2.05) is 91.0 Å². The standard InChI is InChI=1S/C31H27N7O4/c32-36-35-27-25(42-29(28(27)37-19-17-33-21-37)38-18-16-26(39)34-30(38)40)20-41-31(22-10-4-1-5-11-22,23-12-6-2-7-13-23)24-14-8-3-9-15-24/h1-19,21,25,27-29H,20H2,(H,34,39,40)/t25-,27-,28-,29-/m1/s1. The van der Waals surface area contributed by atoms with Crippen LogP contribution in [0.15, 0.2) is 137 Å². The second-order valence-electron chi connectivity index (χ2n) is 9.87. The zero-order valence-corrected chi connectivity index (χ0v) is 22.4. The third-order valence-electron chi connectivity index (χ3n) is 7.52. The number of imidazole rings is 1. The highest BCUT2D eigenvalue weighted by atomic mass is 16.6. The number of nitrogens with zero attached hydrogens (tertiary/aromatic N) is 6. The molecule has 0 saturated carbocycles. The average Bonchev–Trinajstić information content (AvgIpc) is 3.68. The molecule has 0 bridgehead atoms. The van der Waals surface area contributed by atoms with E-state index in [0.29, 0.717) is 0 Å². The van der Waals surface area contributed by atoms with Gasteiger partial charge < -0.3 is 14.0 Å². The Balaban J connectivity index is 1.46. The van der Waals surface area contributed by atoms with Gasteiger partial charge in [-0.2, -0.15) is 0 Å². The Morgan fingerprint density at radius 1 is 0.905 bits per heavy atom. The molecule has 4 atom stereocenters. The van der Waals surface area contributed by atoms with E-state index in [2.05, 4.69) is 20.0 Å². The minimum atomic E-state index is -1.04. The van der Waals surface area contributed by atoms with Crippen molar-refractivity contribution in [3.63, 3.8) is 0 Å². The first-order valence-electron chi connectivity index (χ1n) is 13.4. The number of hydrogen-bond acceptors (Lipinski definition) is 6. The van der Waals surface area contributed by atoms with Gasteiger partial charge in [0.25, 0.3) is 5.56 Å². The topological polar surface area (TPSA) is 140 Å². The Morgan fingerprint density at radius 2 is 1.50 bits per heavy atom. The van der Waals surface area contributed by atoms with Gasteiger partial charge >= 0.3 is 5.69 Å². The van der Waals surface area contributed by atoms with E-state index in [4.69, 9.17) is 9.47 Å². The highest BCUT2D eigenvalue weighted by molar-refractivity contribution is 5.47. The predicted molar refractivity (Wildman–Crippen MR) is 155 cm³/mol. The highest BCUT2D eigenvalue weighted by Crippen LogP contribution is 2.44. The molecular weight excluding hydrogens is 534 g/mol. The molecule has 5 aromatic rings. The minimum Gasteiger partial charge on any atom is -0.358 e. The molecule has 1 aliphatic rings. The third-order valence-corrected chi connectivity index (χ3v) is 7.52. The highest BCUT2D eigenvalue weighted by Gasteiger charge is 2.48. The predicted octanol–water partition coefficient (Wildman–Crippen LogP) is 4.56. The van der Waals surface area contributed by atoms with Crippen LogP contribution in [0.1, 0.15) is 29.0 Å². The van der Waals surface area contributed by atoms with Gasteiger partial charge in [0.05, 0.1) is 31.1 Å². The second-order valence-corrected chi connectivity index (χ2v) is 9.87. The molecule has 1 N–H and O–H groups in total. The van der Waals surface area contributed by atoms with Gasteiger partial charge in [-0.05, 0) is 22.2 Å². The fourth-order valence-corrected chi connectivity index (χ4v) is 5.67. The Hall–Kier alpha value is -5.22. The number of rotatable bonds is 9. The van der Waals surface area contributed by atoms with Crippen LogP contribution < -0.4 is 11.2 Å². The van der Waals surface area contributed by atoms with E-state index in [9.17, 15) is 15.1 Å². The average molecular weight is 562 g/mol. The van der Waals surface area contributed by atoms with E-state index in [0.717, 1.165) is 16.7 Å². The quantitative estimate of drug-likeness (QED) is 0.122. The molecule has 3 heterocycles. The van der Waals surface area contributed by atoms with Crippen LogP contribution in [-0.2, 0) is 15.1 Å². The van der Waals surface area contributed by atoms with Gasteiger partial charge in [0, 0.05) is 29.6 Å². The third kappa shape index (κ3) is 4.92. The lowest BCUT2D eigenvalue weighted by Crippen LogP contribution is -2.38. The number of azide groups is 1. The summed E-state index contributed by atoms with van der Waals surface area (Å²) < 4.78 is 16.5. The molecule has 3 aromatic carbocycles. The summed E-state index contributed by atoms with van der Waals surface area (Å²) in [6.45, 7) is 0.00215. The zero-order valence-electron chi connectivity index (χ0n) is 22.4. The number of benzene rings is 3. The van der Waals surface area contributed by atoms with Gasteiger partial charge in [-0.25, -0.2) is 9.78 Å². The smallest absolute Gasteiger partial charge is 0.330 e. The summed E-state index contributed by atoms with van der Waals surface area (Å²) in [6.07, 6.45) is 4.55. The molecule has 0 unspecified atom stereocenters. The largest absolute Gasteiger partial charge is 0.358 e. The monoisotopic (exact) mass is 561 g/mol. The summed E-state index contributed by atoms with van der Waals surface area (Å²) in [5.74, 6) is 0. The maximum absolute atomic E-state index is 12.9. The van der Waals surface area contributed by atoms with Crippen molar-refractivity contribution < 1.29 is 9.47 Å². The SMILES string of the molecule is [N-]=[N+]=N[C@H]1[C@@H](n2ccnc2)[C@H](n2ccc(=O)[nH]c2=O)O[C@@H]1COC(c1ccccc1)(c1ccccc1)c1ccccc1. The maximum Gasteiger partial charge on any atom is 0.330 e. The molecule has 42 heavy (non-hydrogen) atoms. The number of ether oxygens (including phenoxy) is 2. The molecule has 1 saturated heterocycles. The van der Waals surface area contributed by atoms with Crippen molar-refractivity contribution in [3.05, 3.63) is 170 Å². The molecule has 6 rings (SSSR count). The molecule has 11 heteroatoms. The normalized spacial score (nSPS) is 20.2. The van der Waals surface area contributed by atoms with Crippen molar-refractivity contribution >= 4 is 0 Å². The van der Waals surface area contributed by atoms with Gasteiger partial charge in [0.15, 0.2) is 6.23 Å². The van der Waals surface area contributed by atoms with Crippen molar-refractivity contribution in [1.29, 1.82) is 0 Å². The lowest BCUT2D eigenvalue weighted by molar-refractivity contribution is -0.0823. The van der Waals surface area contributed by atoms with E-state index in [-0.39, 0.29) is 6.61 Å². The Bertz CT molecular complexity index is 1690. The van der Waals surface area contributed by atoms with Crippen LogP contribution in [0.4, 0.5) is 0 Å². The second kappa shape index (κ2) is 11.7. The van der Waals surface area contributed by atoms with Crippen LogP contribution in [0.25, 0.3) is 10.4 Å². The summed E-state index contributed by atoms with van der Waals surface area (Å²) in [5, 5.41) is 4.12. The fourth-order valence-electron chi connectivity index (χ4n) is 5.67. The summed E-state index contributed by atoms with van der Waals surface area (Å²) in [5.41, 5.74) is 10.1. The lowest BCUT2D eigenvalue weighted by atomic mass is 9.80. The van der Waals surface area contributed by atoms with Gasteiger partial charge in [0.2, 0.25) is 0 Å². The zero-order chi connectivity index (χ0) is 28.9. The molecule has 2 aromatic heterocycles. The summed E-state index contributed by atoms with van der Waals surface area (Å²) >= 11 is 0. The van der Waals surface area contributed by atoms with Crippen LogP contribution in [0.3, 0.4) is 0 Å². The molecule has 210 valence electrons. The molecular formula is C31H27N7O4. The fraction of sp³-hybridized carbons (Fsp3) is 0.194. The van der Waals surface area contributed by atoms with Crippen LogP contribution in [0.2, 0.25) is 0 Å². The van der Waals surface area contributed by atoms with Crippen molar-refractivity contribution in [3.8, 4) is 0 Å². The first kappa shape index (κ1) is 27.0. The first-order chi connectivity index (χ1) is 20.6. The van der Waals surface area contributed by atoms with Gasteiger partial charge in [-0.1, -0.05) is 96.1 Å². The van der Waals surface area contributed by atoms with Crippen molar-refractivity contribution in [2.75, 3.05) is 6.61 Å². The molecule has 0 radical (unpaired) electrons. The molecule has 0 aliphatic carbocycles. The summed E-state index contributed by atoms with van der Waals surface area (Å²) in [7, 11) is 0. The van der Waals surface area contributed by atoms with Crippen molar-refractivity contribution in [1.82, 2.24) is 19.1 Å². The Morgan fingerprint density at radius 3 is 2.00 bits per heavy atom. The number of H-pyrrole nitrogens is 1. The summed E-state index contributed by atoms with van der Waals surface area (Å²) in [6, 6.07) is 29.5. The number of aromatic nitrogens is 4. The van der Waals surface area contributed by atoms with Gasteiger partial charge in [-0.15, -0.1) is 0 Å². The number of nitrogens with one attached hydrogen (secondary N) is 1. The summed E-state index contributed by atoms with van der Waals surface area (Å²) in [4.78, 5) is 34.2.